The van der Waals surface area contributed by atoms with E-state index in [0.29, 0.717) is 29.6 Å². The van der Waals surface area contributed by atoms with E-state index in [9.17, 15) is 4.39 Å². The van der Waals surface area contributed by atoms with E-state index in [-0.39, 0.29) is 5.82 Å². The van der Waals surface area contributed by atoms with Gasteiger partial charge in [0.25, 0.3) is 0 Å². The van der Waals surface area contributed by atoms with Crippen molar-refractivity contribution in [3.8, 4) is 0 Å². The third-order valence-corrected chi connectivity index (χ3v) is 4.85. The molecular weight excluding hydrogens is 353 g/mol. The zero-order valence-electron chi connectivity index (χ0n) is 15.9. The summed E-state index contributed by atoms with van der Waals surface area (Å²) < 4.78 is 16.1. The minimum absolute atomic E-state index is 0.328. The van der Waals surface area contributed by atoms with Gasteiger partial charge in [-0.3, -0.25) is 4.99 Å². The van der Waals surface area contributed by atoms with Crippen LogP contribution < -0.4 is 0 Å². The zero-order chi connectivity index (χ0) is 19.7. The van der Waals surface area contributed by atoms with Crippen molar-refractivity contribution in [1.82, 2.24) is 19.4 Å². The highest BCUT2D eigenvalue weighted by Crippen LogP contribution is 2.27. The molecule has 1 aromatic carbocycles. The van der Waals surface area contributed by atoms with Gasteiger partial charge >= 0.3 is 0 Å². The molecule has 0 N–H and O–H groups in total. The highest BCUT2D eigenvalue weighted by atomic mass is 19.1. The lowest BCUT2D eigenvalue weighted by atomic mass is 10.2. The summed E-state index contributed by atoms with van der Waals surface area (Å²) in [5.74, 6) is 0.279. The van der Waals surface area contributed by atoms with Crippen molar-refractivity contribution in [3.05, 3.63) is 71.3 Å². The second-order valence-electron chi connectivity index (χ2n) is 6.57. The molecule has 0 spiro atoms. The number of allylic oxidation sites excluding steroid dienone is 1. The van der Waals surface area contributed by atoms with E-state index in [1.807, 2.05) is 44.3 Å². The smallest absolute Gasteiger partial charge is 0.149 e. The number of aryl methyl sites for hydroxylation is 3. The Labute approximate surface area is 162 Å². The SMILES string of the molecule is C=Nc1ccn2c(C)c(CCc3ncc4cccc(F)c4n3)nc2c1/C=C\C. The normalized spacial score (nSPS) is 11.7. The van der Waals surface area contributed by atoms with Gasteiger partial charge in [-0.05, 0) is 39.1 Å². The number of hydrogen-bond acceptors (Lipinski definition) is 4. The Morgan fingerprint density at radius 3 is 2.86 bits per heavy atom. The molecule has 0 atom stereocenters. The molecule has 0 aliphatic carbocycles. The standard InChI is InChI=1S/C22H20FN5/c1-4-6-16-19(24-3)11-12-28-14(2)18(26-22(16)28)9-10-20-25-13-15-7-5-8-17(23)21(15)27-20/h4-8,11-13H,3,9-10H2,1-2H3/b6-4-. The van der Waals surface area contributed by atoms with E-state index in [1.54, 1.807) is 12.3 Å². The fourth-order valence-electron chi connectivity index (χ4n) is 3.39. The van der Waals surface area contributed by atoms with Crippen LogP contribution in [0.1, 0.15) is 29.7 Å². The van der Waals surface area contributed by atoms with Gasteiger partial charge in [-0.2, -0.15) is 0 Å². The number of halogens is 1. The van der Waals surface area contributed by atoms with Crippen molar-refractivity contribution in [1.29, 1.82) is 0 Å². The number of imidazole rings is 1. The average Bonchev–Trinajstić information content (AvgIpc) is 3.03. The number of fused-ring (bicyclic) bond motifs is 2. The molecule has 5 nitrogen and oxygen atoms in total. The molecule has 4 aromatic rings. The molecule has 4 rings (SSSR count). The monoisotopic (exact) mass is 373 g/mol. The van der Waals surface area contributed by atoms with Crippen molar-refractivity contribution in [2.24, 2.45) is 4.99 Å². The van der Waals surface area contributed by atoms with E-state index >= 15 is 0 Å². The molecule has 0 aliphatic heterocycles. The largest absolute Gasteiger partial charge is 0.303 e. The molecule has 0 radical (unpaired) electrons. The minimum Gasteiger partial charge on any atom is -0.303 e. The maximum absolute atomic E-state index is 14.0. The van der Waals surface area contributed by atoms with Gasteiger partial charge in [-0.15, -0.1) is 0 Å². The Hall–Kier alpha value is -3.41. The number of hydrogen-bond donors (Lipinski definition) is 0. The number of pyridine rings is 1. The quantitative estimate of drug-likeness (QED) is 0.469. The lowest BCUT2D eigenvalue weighted by Gasteiger charge is -2.04. The molecule has 0 saturated heterocycles. The summed E-state index contributed by atoms with van der Waals surface area (Å²) >= 11 is 0. The average molecular weight is 373 g/mol. The first-order valence-corrected chi connectivity index (χ1v) is 9.12. The zero-order valence-corrected chi connectivity index (χ0v) is 15.9. The Bertz CT molecular complexity index is 1220. The van der Waals surface area contributed by atoms with Gasteiger partial charge in [0.05, 0.1) is 11.4 Å². The summed E-state index contributed by atoms with van der Waals surface area (Å²) in [5.41, 5.74) is 4.97. The molecule has 3 aromatic heterocycles. The molecule has 0 saturated carbocycles. The van der Waals surface area contributed by atoms with Gasteiger partial charge in [0.1, 0.15) is 22.8 Å². The van der Waals surface area contributed by atoms with Crippen molar-refractivity contribution < 1.29 is 4.39 Å². The molecule has 28 heavy (non-hydrogen) atoms. The van der Waals surface area contributed by atoms with E-state index in [1.165, 1.54) is 6.07 Å². The van der Waals surface area contributed by atoms with E-state index in [2.05, 4.69) is 26.1 Å². The topological polar surface area (TPSA) is 55.4 Å². The maximum Gasteiger partial charge on any atom is 0.149 e. The van der Waals surface area contributed by atoms with Crippen molar-refractivity contribution in [2.75, 3.05) is 0 Å². The predicted molar refractivity (Wildman–Crippen MR) is 111 cm³/mol. The number of benzene rings is 1. The highest BCUT2D eigenvalue weighted by Gasteiger charge is 2.14. The van der Waals surface area contributed by atoms with Crippen LogP contribution in [0.3, 0.4) is 0 Å². The van der Waals surface area contributed by atoms with Crippen LogP contribution in [0.4, 0.5) is 10.1 Å². The summed E-state index contributed by atoms with van der Waals surface area (Å²) in [6, 6.07) is 6.82. The van der Waals surface area contributed by atoms with E-state index in [0.717, 1.165) is 28.3 Å². The molecule has 0 unspecified atom stereocenters. The number of aliphatic imine (C=N–C) groups is 1. The summed E-state index contributed by atoms with van der Waals surface area (Å²) in [6.45, 7) is 7.65. The van der Waals surface area contributed by atoms with Gasteiger partial charge in [0.15, 0.2) is 0 Å². The molecule has 0 fully saturated rings. The molecule has 140 valence electrons. The minimum atomic E-state index is -0.328. The van der Waals surface area contributed by atoms with Crippen molar-refractivity contribution in [2.45, 2.75) is 26.7 Å². The Morgan fingerprint density at radius 2 is 2.07 bits per heavy atom. The summed E-state index contributed by atoms with van der Waals surface area (Å²) in [4.78, 5) is 17.7. The van der Waals surface area contributed by atoms with Gasteiger partial charge < -0.3 is 4.40 Å². The third-order valence-electron chi connectivity index (χ3n) is 4.85. The third kappa shape index (κ3) is 3.07. The van der Waals surface area contributed by atoms with Crippen LogP contribution in [0.5, 0.6) is 0 Å². The highest BCUT2D eigenvalue weighted by molar-refractivity contribution is 5.78. The van der Waals surface area contributed by atoms with Crippen molar-refractivity contribution in [3.63, 3.8) is 0 Å². The molecular formula is C22H20FN5. The molecule has 6 heteroatoms. The Balaban J connectivity index is 1.68. The summed E-state index contributed by atoms with van der Waals surface area (Å²) in [7, 11) is 0. The van der Waals surface area contributed by atoms with Crippen LogP contribution >= 0.6 is 0 Å². The summed E-state index contributed by atoms with van der Waals surface area (Å²) in [6.07, 6.45) is 8.83. The predicted octanol–water partition coefficient (Wildman–Crippen LogP) is 4.88. The summed E-state index contributed by atoms with van der Waals surface area (Å²) in [5, 5.41) is 0.702. The van der Waals surface area contributed by atoms with Crippen LogP contribution in [0.25, 0.3) is 22.6 Å². The van der Waals surface area contributed by atoms with Crippen LogP contribution in [0.15, 0.2) is 47.7 Å². The lowest BCUT2D eigenvalue weighted by Crippen LogP contribution is -2.00. The fraction of sp³-hybridized carbons (Fsp3) is 0.182. The van der Waals surface area contributed by atoms with Gasteiger partial charge in [0.2, 0.25) is 0 Å². The maximum atomic E-state index is 14.0. The Kier molecular flexibility index (Phi) is 4.69. The van der Waals surface area contributed by atoms with Gasteiger partial charge in [-0.25, -0.2) is 19.3 Å². The van der Waals surface area contributed by atoms with Gasteiger partial charge in [0, 0.05) is 35.5 Å². The lowest BCUT2D eigenvalue weighted by molar-refractivity contribution is 0.635. The number of nitrogens with zero attached hydrogens (tertiary/aromatic N) is 5. The first-order chi connectivity index (χ1) is 13.6. The van der Waals surface area contributed by atoms with Crippen LogP contribution in [0.2, 0.25) is 0 Å². The van der Waals surface area contributed by atoms with E-state index in [4.69, 9.17) is 4.98 Å². The fourth-order valence-corrected chi connectivity index (χ4v) is 3.39. The van der Waals surface area contributed by atoms with Gasteiger partial charge in [-0.1, -0.05) is 24.3 Å². The van der Waals surface area contributed by atoms with Crippen molar-refractivity contribution >= 4 is 35.0 Å². The number of aromatic nitrogens is 4. The second kappa shape index (κ2) is 7.31. The van der Waals surface area contributed by atoms with Crippen LogP contribution in [-0.4, -0.2) is 26.1 Å². The molecule has 0 aliphatic rings. The second-order valence-corrected chi connectivity index (χ2v) is 6.57. The number of rotatable bonds is 5. The molecule has 3 heterocycles. The van der Waals surface area contributed by atoms with Crippen LogP contribution in [0, 0.1) is 12.7 Å². The van der Waals surface area contributed by atoms with Crippen LogP contribution in [-0.2, 0) is 12.8 Å². The molecule has 0 amide bonds. The first-order valence-electron chi connectivity index (χ1n) is 9.12. The molecule has 0 bridgehead atoms. The Morgan fingerprint density at radius 1 is 1.21 bits per heavy atom. The number of para-hydroxylation sites is 1. The first kappa shape index (κ1) is 18.0. The van der Waals surface area contributed by atoms with E-state index < -0.39 is 0 Å².